The minimum Gasteiger partial charge on any atom is -0.496 e. The summed E-state index contributed by atoms with van der Waals surface area (Å²) in [5.41, 5.74) is 7.07. The molecule has 0 aromatic heterocycles. The Bertz CT molecular complexity index is 1470. The smallest absolute Gasteiger partial charge is 0.408 e. The quantitative estimate of drug-likeness (QED) is 0.312. The number of primary amides is 1. The molecule has 48 heavy (non-hydrogen) atoms. The van der Waals surface area contributed by atoms with E-state index in [1.807, 2.05) is 46.8 Å². The lowest BCUT2D eigenvalue weighted by molar-refractivity contribution is -0.143. The molecule has 3 fully saturated rings. The molecular weight excluding hydrogens is 616 g/mol. The number of aryl methyl sites for hydroxylation is 2. The normalized spacial score (nSPS) is 23.8. The van der Waals surface area contributed by atoms with Crippen LogP contribution in [0.3, 0.4) is 0 Å². The Labute approximate surface area is 282 Å². The van der Waals surface area contributed by atoms with Crippen molar-refractivity contribution >= 4 is 35.2 Å². The fourth-order valence-corrected chi connectivity index (χ4v) is 7.52. The van der Waals surface area contributed by atoms with Crippen LogP contribution in [0, 0.1) is 31.1 Å². The van der Waals surface area contributed by atoms with Crippen molar-refractivity contribution < 1.29 is 38.3 Å². The third-order valence-corrected chi connectivity index (χ3v) is 10.2. The number of ketones is 2. The van der Waals surface area contributed by atoms with Crippen molar-refractivity contribution in [3.8, 4) is 5.75 Å². The summed E-state index contributed by atoms with van der Waals surface area (Å²) in [6.07, 6.45) is 5.21. The van der Waals surface area contributed by atoms with Gasteiger partial charge in [0.1, 0.15) is 17.9 Å². The van der Waals surface area contributed by atoms with E-state index in [0.29, 0.717) is 18.6 Å². The molecule has 3 amide bonds. The monoisotopic (exact) mass is 666 g/mol. The SMILES string of the molecule is COc1c(C)cc(C2=NO[C@]3(C2)C[C@@H](C(=O)CC(CC2CC2)C(=O)C(N)=O)N(C(=O)[C@@H](NC(=O)OC2CCCC2)C(C)(C)C)C3)cc1C. The summed E-state index contributed by atoms with van der Waals surface area (Å²) in [6.45, 7) is 9.48. The Hall–Kier alpha value is -3.96. The molecule has 1 spiro atoms. The molecule has 4 aliphatic rings. The molecule has 262 valence electrons. The number of ether oxygens (including phenoxy) is 2. The fraction of sp³-hybridized carbons (Fsp3) is 0.667. The lowest BCUT2D eigenvalue weighted by Gasteiger charge is -2.35. The molecule has 1 unspecified atom stereocenters. The minimum absolute atomic E-state index is 0.0480. The van der Waals surface area contributed by atoms with Gasteiger partial charge in [-0.25, -0.2) is 4.79 Å². The van der Waals surface area contributed by atoms with E-state index >= 15 is 0 Å². The molecule has 2 heterocycles. The minimum atomic E-state index is -1.07. The molecule has 2 aliphatic heterocycles. The van der Waals surface area contributed by atoms with E-state index in [2.05, 4.69) is 10.5 Å². The summed E-state index contributed by atoms with van der Waals surface area (Å²) in [7, 11) is 1.63. The number of amides is 3. The number of hydrogen-bond donors (Lipinski definition) is 2. The summed E-state index contributed by atoms with van der Waals surface area (Å²) in [5, 5.41) is 7.25. The van der Waals surface area contributed by atoms with Gasteiger partial charge >= 0.3 is 6.09 Å². The van der Waals surface area contributed by atoms with Crippen molar-refractivity contribution in [3.63, 3.8) is 0 Å². The fourth-order valence-electron chi connectivity index (χ4n) is 7.52. The number of oxime groups is 1. The lowest BCUT2D eigenvalue weighted by atomic mass is 9.85. The van der Waals surface area contributed by atoms with Crippen LogP contribution in [0.1, 0.15) is 102 Å². The first kappa shape index (κ1) is 35.3. The van der Waals surface area contributed by atoms with Gasteiger partial charge in [0.05, 0.1) is 25.4 Å². The molecule has 4 atom stereocenters. The third-order valence-electron chi connectivity index (χ3n) is 10.2. The zero-order chi connectivity index (χ0) is 35.0. The van der Waals surface area contributed by atoms with Crippen LogP contribution in [-0.4, -0.2) is 77.5 Å². The van der Waals surface area contributed by atoms with E-state index in [1.54, 1.807) is 7.11 Å². The molecule has 2 saturated carbocycles. The van der Waals surface area contributed by atoms with Gasteiger partial charge < -0.3 is 30.3 Å². The zero-order valence-electron chi connectivity index (χ0n) is 29.1. The standard InChI is InChI=1S/C36H50N4O8/c1-20-13-23(14-21(2)30(20)46-6)26-17-36(48-39-26)18-27(28(41)16-24(15-22-11-12-22)29(42)32(37)43)40(19-36)33(44)31(35(3,4)5)38-34(45)47-25-9-7-8-10-25/h13-14,22,24-25,27,31H,7-12,15-19H2,1-6H3,(H2,37,43)(H,38,45)/t24?,27-,31+,36+/m0/s1. The van der Waals surface area contributed by atoms with E-state index < -0.39 is 52.7 Å². The molecule has 12 nitrogen and oxygen atoms in total. The molecule has 3 N–H and O–H groups in total. The van der Waals surface area contributed by atoms with Gasteiger partial charge in [0.15, 0.2) is 11.4 Å². The number of nitrogens with one attached hydrogen (secondary N) is 1. The van der Waals surface area contributed by atoms with Crippen molar-refractivity contribution in [1.29, 1.82) is 0 Å². The van der Waals surface area contributed by atoms with Gasteiger partial charge in [-0.3, -0.25) is 19.2 Å². The summed E-state index contributed by atoms with van der Waals surface area (Å²) in [4.78, 5) is 74.0. The number of nitrogens with two attached hydrogens (primary N) is 1. The number of likely N-dealkylation sites (tertiary alicyclic amines) is 1. The Kier molecular flexibility index (Phi) is 10.2. The van der Waals surface area contributed by atoms with Crippen molar-refractivity contribution in [2.45, 2.75) is 123 Å². The summed E-state index contributed by atoms with van der Waals surface area (Å²) in [5.74, 6) is -2.43. The number of benzene rings is 1. The maximum atomic E-state index is 14.5. The lowest BCUT2D eigenvalue weighted by Crippen LogP contribution is -2.57. The van der Waals surface area contributed by atoms with E-state index in [9.17, 15) is 24.0 Å². The molecule has 1 aromatic carbocycles. The average Bonchev–Trinajstić information content (AvgIpc) is 3.37. The van der Waals surface area contributed by atoms with Gasteiger partial charge in [-0.1, -0.05) is 38.8 Å². The average molecular weight is 667 g/mol. The number of methoxy groups -OCH3 is 1. The number of alkyl carbamates (subject to hydrolysis) is 1. The predicted octanol–water partition coefficient (Wildman–Crippen LogP) is 4.29. The maximum Gasteiger partial charge on any atom is 0.408 e. The van der Waals surface area contributed by atoms with Crippen LogP contribution in [0.15, 0.2) is 17.3 Å². The van der Waals surface area contributed by atoms with Gasteiger partial charge in [0.25, 0.3) is 5.91 Å². The van der Waals surface area contributed by atoms with Gasteiger partial charge in [-0.15, -0.1) is 0 Å². The number of nitrogens with zero attached hydrogens (tertiary/aromatic N) is 2. The first-order valence-corrected chi connectivity index (χ1v) is 17.2. The zero-order valence-corrected chi connectivity index (χ0v) is 29.1. The van der Waals surface area contributed by atoms with E-state index in [-0.39, 0.29) is 37.2 Å². The van der Waals surface area contributed by atoms with Gasteiger partial charge in [-0.05, 0) is 80.5 Å². The molecule has 0 bridgehead atoms. The molecule has 2 aliphatic carbocycles. The van der Waals surface area contributed by atoms with Gasteiger partial charge in [0.2, 0.25) is 11.7 Å². The maximum absolute atomic E-state index is 14.5. The topological polar surface area (TPSA) is 167 Å². The predicted molar refractivity (Wildman–Crippen MR) is 177 cm³/mol. The Morgan fingerprint density at radius 2 is 1.73 bits per heavy atom. The molecule has 0 radical (unpaired) electrons. The van der Waals surface area contributed by atoms with Crippen LogP contribution in [0.5, 0.6) is 5.75 Å². The summed E-state index contributed by atoms with van der Waals surface area (Å²) < 4.78 is 11.2. The van der Waals surface area contributed by atoms with Crippen LogP contribution < -0.4 is 15.8 Å². The molecule has 12 heteroatoms. The van der Waals surface area contributed by atoms with Crippen molar-refractivity contribution in [3.05, 3.63) is 28.8 Å². The molecule has 1 saturated heterocycles. The second-order valence-corrected chi connectivity index (χ2v) is 15.3. The second kappa shape index (κ2) is 13.9. The van der Waals surface area contributed by atoms with E-state index in [4.69, 9.17) is 20.0 Å². The molecule has 1 aromatic rings. The highest BCUT2D eigenvalue weighted by Crippen LogP contribution is 2.42. The van der Waals surface area contributed by atoms with Crippen LogP contribution in [0.25, 0.3) is 0 Å². The number of rotatable bonds is 12. The van der Waals surface area contributed by atoms with Gasteiger partial charge in [-0.2, -0.15) is 0 Å². The van der Waals surface area contributed by atoms with Crippen LogP contribution in [0.4, 0.5) is 4.79 Å². The van der Waals surface area contributed by atoms with Crippen LogP contribution in [0.2, 0.25) is 0 Å². The second-order valence-electron chi connectivity index (χ2n) is 15.3. The van der Waals surface area contributed by atoms with Crippen LogP contribution >= 0.6 is 0 Å². The van der Waals surface area contributed by atoms with Gasteiger partial charge in [0, 0.05) is 30.7 Å². The van der Waals surface area contributed by atoms with Crippen molar-refractivity contribution in [2.24, 2.45) is 28.1 Å². The number of carbonyl (C=O) groups is 5. The number of carbonyl (C=O) groups excluding carboxylic acids is 5. The highest BCUT2D eigenvalue weighted by molar-refractivity contribution is 6.36. The Morgan fingerprint density at radius 3 is 2.29 bits per heavy atom. The molecule has 5 rings (SSSR count). The highest BCUT2D eigenvalue weighted by atomic mass is 16.7. The van der Waals surface area contributed by atoms with E-state index in [1.165, 1.54) is 4.90 Å². The van der Waals surface area contributed by atoms with Crippen molar-refractivity contribution in [1.82, 2.24) is 10.2 Å². The summed E-state index contributed by atoms with van der Waals surface area (Å²) in [6, 6.07) is 1.97. The Morgan fingerprint density at radius 1 is 1.08 bits per heavy atom. The molecular formula is C36H50N4O8. The number of Topliss-reactive ketones (excluding diaryl/α,β-unsaturated/α-hetero) is 2. The summed E-state index contributed by atoms with van der Waals surface area (Å²) >= 11 is 0. The third kappa shape index (κ3) is 7.84. The number of hydrogen-bond acceptors (Lipinski definition) is 9. The first-order valence-electron chi connectivity index (χ1n) is 17.2. The largest absolute Gasteiger partial charge is 0.496 e. The Balaban J connectivity index is 1.42. The van der Waals surface area contributed by atoms with Crippen LogP contribution in [-0.2, 0) is 28.8 Å². The highest BCUT2D eigenvalue weighted by Gasteiger charge is 2.55. The first-order chi connectivity index (χ1) is 22.6. The van der Waals surface area contributed by atoms with E-state index in [0.717, 1.165) is 61.0 Å². The van der Waals surface area contributed by atoms with Crippen molar-refractivity contribution in [2.75, 3.05) is 13.7 Å².